The zero-order valence-electron chi connectivity index (χ0n) is 21.1. The minimum atomic E-state index is -4.71. The molecular formula is C27H25Cl2F3N4O3. The van der Waals surface area contributed by atoms with Gasteiger partial charge in [0.25, 0.3) is 0 Å². The van der Waals surface area contributed by atoms with Crippen molar-refractivity contribution in [2.75, 3.05) is 30.5 Å². The monoisotopic (exact) mass is 580 g/mol. The Labute approximate surface area is 233 Å². The number of rotatable bonds is 9. The standard InChI is InChI=1S/C27H25Cl2F3N4O3/c1-25(2,19-11-17(13-33)23(22(29)12-19)38-10-8-28)18-3-5-21(6-4-18)39-14-20-7-9-34-24(35-20)36-15-26(37,16-36)27(30,31)32/h3-7,9,11-12,37H,8,10,14-16H2,1-2H3. The predicted molar refractivity (Wildman–Crippen MR) is 141 cm³/mol. The van der Waals surface area contributed by atoms with E-state index >= 15 is 0 Å². The molecule has 1 aromatic heterocycles. The Bertz CT molecular complexity index is 1370. The van der Waals surface area contributed by atoms with Crippen molar-refractivity contribution in [1.29, 1.82) is 5.26 Å². The predicted octanol–water partition coefficient (Wildman–Crippen LogP) is 5.64. The van der Waals surface area contributed by atoms with Crippen LogP contribution in [-0.2, 0) is 12.0 Å². The highest BCUT2D eigenvalue weighted by molar-refractivity contribution is 6.32. The molecule has 2 heterocycles. The number of hydrogen-bond acceptors (Lipinski definition) is 7. The molecule has 7 nitrogen and oxygen atoms in total. The highest BCUT2D eigenvalue weighted by Crippen LogP contribution is 2.40. The second-order valence-electron chi connectivity index (χ2n) is 9.66. The summed E-state index contributed by atoms with van der Waals surface area (Å²) in [5.41, 5.74) is -0.685. The second kappa shape index (κ2) is 11.1. The average molecular weight is 581 g/mol. The number of nitriles is 1. The summed E-state index contributed by atoms with van der Waals surface area (Å²) in [5.74, 6) is 1.23. The van der Waals surface area contributed by atoms with Gasteiger partial charge in [0.1, 0.15) is 25.0 Å². The largest absolute Gasteiger partial charge is 0.489 e. The van der Waals surface area contributed by atoms with Crippen LogP contribution < -0.4 is 14.4 Å². The molecule has 1 aliphatic heterocycles. The van der Waals surface area contributed by atoms with Gasteiger partial charge in [0.05, 0.1) is 35.2 Å². The van der Waals surface area contributed by atoms with Crippen LogP contribution in [0.2, 0.25) is 5.02 Å². The molecule has 4 rings (SSSR count). The Hall–Kier alpha value is -3.26. The van der Waals surface area contributed by atoms with E-state index in [4.69, 9.17) is 32.7 Å². The molecule has 2 aromatic carbocycles. The normalized spacial score (nSPS) is 14.9. The van der Waals surface area contributed by atoms with E-state index in [9.17, 15) is 23.5 Å². The van der Waals surface area contributed by atoms with Gasteiger partial charge in [0, 0.05) is 11.6 Å². The summed E-state index contributed by atoms with van der Waals surface area (Å²) in [6.07, 6.45) is -3.28. The highest BCUT2D eigenvalue weighted by Gasteiger charge is 2.61. The molecule has 206 valence electrons. The molecule has 0 aliphatic carbocycles. The average Bonchev–Trinajstić information content (AvgIpc) is 2.88. The minimum absolute atomic E-state index is 0.0700. The Morgan fingerprint density at radius 2 is 1.79 bits per heavy atom. The first-order chi connectivity index (χ1) is 18.4. The van der Waals surface area contributed by atoms with Crippen molar-refractivity contribution < 1.29 is 27.8 Å². The molecule has 1 N–H and O–H groups in total. The van der Waals surface area contributed by atoms with Crippen LogP contribution in [0.1, 0.15) is 36.2 Å². The zero-order valence-corrected chi connectivity index (χ0v) is 22.6. The van der Waals surface area contributed by atoms with Gasteiger partial charge >= 0.3 is 6.18 Å². The smallest absolute Gasteiger partial charge is 0.420 e. The van der Waals surface area contributed by atoms with Gasteiger partial charge in [0.2, 0.25) is 5.95 Å². The van der Waals surface area contributed by atoms with E-state index in [0.717, 1.165) is 11.1 Å². The van der Waals surface area contributed by atoms with E-state index in [1.165, 1.54) is 11.1 Å². The summed E-state index contributed by atoms with van der Waals surface area (Å²) in [5, 5.41) is 19.6. The lowest BCUT2D eigenvalue weighted by Gasteiger charge is -2.46. The van der Waals surface area contributed by atoms with Crippen molar-refractivity contribution in [1.82, 2.24) is 9.97 Å². The maximum absolute atomic E-state index is 12.9. The number of anilines is 1. The lowest BCUT2D eigenvalue weighted by Crippen LogP contribution is -2.69. The van der Waals surface area contributed by atoms with Crippen LogP contribution in [0.4, 0.5) is 19.1 Å². The molecule has 0 radical (unpaired) electrons. The van der Waals surface area contributed by atoms with Crippen LogP contribution in [0, 0.1) is 11.3 Å². The first-order valence-electron chi connectivity index (χ1n) is 11.9. The van der Waals surface area contributed by atoms with Gasteiger partial charge in [-0.3, -0.25) is 0 Å². The molecule has 0 saturated carbocycles. The van der Waals surface area contributed by atoms with Crippen molar-refractivity contribution in [3.05, 3.63) is 76.1 Å². The van der Waals surface area contributed by atoms with Crippen LogP contribution in [0.3, 0.4) is 0 Å². The molecule has 3 aromatic rings. The SMILES string of the molecule is CC(C)(c1ccc(OCc2ccnc(N3CC(O)(C(F)(F)F)C3)n2)cc1)c1cc(Cl)c(OCCCl)c(C#N)c1. The summed E-state index contributed by atoms with van der Waals surface area (Å²) in [4.78, 5) is 9.52. The third kappa shape index (κ3) is 6.01. The molecule has 1 saturated heterocycles. The van der Waals surface area contributed by atoms with Crippen LogP contribution >= 0.6 is 23.2 Å². The van der Waals surface area contributed by atoms with Gasteiger partial charge in [-0.25, -0.2) is 9.97 Å². The third-order valence-electron chi connectivity index (χ3n) is 6.59. The van der Waals surface area contributed by atoms with Gasteiger partial charge in [-0.05, 0) is 41.5 Å². The van der Waals surface area contributed by atoms with Crippen LogP contribution in [0.5, 0.6) is 11.5 Å². The third-order valence-corrected chi connectivity index (χ3v) is 7.02. The maximum Gasteiger partial charge on any atom is 0.420 e. The van der Waals surface area contributed by atoms with Crippen molar-refractivity contribution >= 4 is 29.2 Å². The van der Waals surface area contributed by atoms with Gasteiger partial charge in [-0.15, -0.1) is 11.6 Å². The van der Waals surface area contributed by atoms with Gasteiger partial charge in [-0.1, -0.05) is 37.6 Å². The molecule has 0 unspecified atom stereocenters. The number of halogens is 5. The van der Waals surface area contributed by atoms with Gasteiger partial charge in [0.15, 0.2) is 11.4 Å². The van der Waals surface area contributed by atoms with Crippen molar-refractivity contribution in [3.63, 3.8) is 0 Å². The van der Waals surface area contributed by atoms with E-state index in [0.29, 0.717) is 27.8 Å². The fraction of sp³-hybridized carbons (Fsp3) is 0.370. The number of nitrogens with zero attached hydrogens (tertiary/aromatic N) is 4. The van der Waals surface area contributed by atoms with E-state index in [2.05, 4.69) is 16.0 Å². The summed E-state index contributed by atoms with van der Waals surface area (Å²) in [6.45, 7) is 3.07. The Morgan fingerprint density at radius 1 is 1.10 bits per heavy atom. The van der Waals surface area contributed by atoms with Gasteiger partial charge < -0.3 is 19.5 Å². The molecule has 0 amide bonds. The summed E-state index contributed by atoms with van der Waals surface area (Å²) < 4.78 is 50.1. The lowest BCUT2D eigenvalue weighted by atomic mass is 9.77. The number of ether oxygens (including phenoxy) is 2. The molecular weight excluding hydrogens is 556 g/mol. The van der Waals surface area contributed by atoms with E-state index in [1.54, 1.807) is 30.3 Å². The molecule has 0 bridgehead atoms. The zero-order chi connectivity index (χ0) is 28.4. The quantitative estimate of drug-likeness (QED) is 0.327. The molecule has 0 atom stereocenters. The number of benzene rings is 2. The molecule has 0 spiro atoms. The number of hydrogen-bond donors (Lipinski definition) is 1. The number of aromatic nitrogens is 2. The Balaban J connectivity index is 1.42. The van der Waals surface area contributed by atoms with Crippen LogP contribution in [-0.4, -0.2) is 52.4 Å². The summed E-state index contributed by atoms with van der Waals surface area (Å²) >= 11 is 12.1. The minimum Gasteiger partial charge on any atom is -0.489 e. The summed E-state index contributed by atoms with van der Waals surface area (Å²) in [6, 6.07) is 14.6. The number of β-amino-alcohol motifs (C(OH)–C–C–N with tert-alkyl or cyclic N) is 1. The second-order valence-corrected chi connectivity index (χ2v) is 10.4. The van der Waals surface area contributed by atoms with E-state index < -0.39 is 30.3 Å². The molecule has 12 heteroatoms. The number of alkyl halides is 4. The number of aliphatic hydroxyl groups is 1. The van der Waals surface area contributed by atoms with Crippen molar-refractivity contribution in [2.45, 2.75) is 37.6 Å². The molecule has 1 aliphatic rings. The fourth-order valence-corrected chi connectivity index (χ4v) is 4.49. The first-order valence-corrected chi connectivity index (χ1v) is 12.8. The Morgan fingerprint density at radius 3 is 2.41 bits per heavy atom. The van der Waals surface area contributed by atoms with Crippen molar-refractivity contribution in [3.8, 4) is 17.6 Å². The highest BCUT2D eigenvalue weighted by atomic mass is 35.5. The van der Waals surface area contributed by atoms with E-state index in [-0.39, 0.29) is 25.0 Å². The van der Waals surface area contributed by atoms with Crippen LogP contribution in [0.15, 0.2) is 48.7 Å². The summed E-state index contributed by atoms with van der Waals surface area (Å²) in [7, 11) is 0. The van der Waals surface area contributed by atoms with Gasteiger partial charge in [-0.2, -0.15) is 18.4 Å². The Kier molecular flexibility index (Phi) is 8.17. The van der Waals surface area contributed by atoms with Crippen LogP contribution in [0.25, 0.3) is 0 Å². The lowest BCUT2D eigenvalue weighted by molar-refractivity contribution is -0.267. The fourth-order valence-electron chi connectivity index (χ4n) is 4.14. The topological polar surface area (TPSA) is 91.5 Å². The maximum atomic E-state index is 12.9. The van der Waals surface area contributed by atoms with Crippen molar-refractivity contribution in [2.24, 2.45) is 0 Å². The first kappa shape index (κ1) is 28.7. The molecule has 39 heavy (non-hydrogen) atoms. The van der Waals surface area contributed by atoms with E-state index in [1.807, 2.05) is 26.0 Å². The molecule has 1 fully saturated rings.